The summed E-state index contributed by atoms with van der Waals surface area (Å²) in [5, 5.41) is 0. The molecule has 0 aliphatic carbocycles. The van der Waals surface area contributed by atoms with Gasteiger partial charge in [-0.05, 0) is 25.7 Å². The summed E-state index contributed by atoms with van der Waals surface area (Å²) in [4.78, 5) is 0. The minimum Gasteiger partial charge on any atom is -0.367 e. The molecule has 0 fully saturated rings. The Morgan fingerprint density at radius 1 is 0.684 bits per heavy atom. The van der Waals surface area contributed by atoms with Gasteiger partial charge < -0.3 is 4.74 Å². The molecule has 1 heteroatoms. The van der Waals surface area contributed by atoms with Crippen molar-refractivity contribution in [3.05, 3.63) is 48.6 Å². The molecule has 0 aliphatic heterocycles. The van der Waals surface area contributed by atoms with Crippen LogP contribution < -0.4 is 0 Å². The highest BCUT2D eigenvalue weighted by atomic mass is 16.5. The third-order valence-electron chi connectivity index (χ3n) is 2.77. The van der Waals surface area contributed by atoms with Gasteiger partial charge in [-0.1, -0.05) is 76.3 Å². The normalized spacial score (nSPS) is 16.2. The van der Waals surface area contributed by atoms with E-state index >= 15 is 0 Å². The molecular formula is C18H30O. The number of allylic oxidation sites excluding steroid dienone is 6. The number of rotatable bonds is 10. The SMILES string of the molecule is CC/C=C\C=C\C(CC)OC(/C=C/C=C\CC)CC. The van der Waals surface area contributed by atoms with Crippen molar-refractivity contribution in [1.29, 1.82) is 0 Å². The van der Waals surface area contributed by atoms with Crippen molar-refractivity contribution < 1.29 is 4.74 Å². The highest BCUT2D eigenvalue weighted by Gasteiger charge is 2.07. The monoisotopic (exact) mass is 262 g/mol. The first-order valence-electron chi connectivity index (χ1n) is 7.60. The van der Waals surface area contributed by atoms with Crippen molar-refractivity contribution in [2.24, 2.45) is 0 Å². The van der Waals surface area contributed by atoms with Crippen molar-refractivity contribution in [3.63, 3.8) is 0 Å². The van der Waals surface area contributed by atoms with E-state index in [1.54, 1.807) is 0 Å². The molecule has 0 heterocycles. The van der Waals surface area contributed by atoms with Gasteiger partial charge in [0, 0.05) is 0 Å². The minimum atomic E-state index is 0.200. The van der Waals surface area contributed by atoms with Gasteiger partial charge in [0.1, 0.15) is 0 Å². The topological polar surface area (TPSA) is 9.23 Å². The van der Waals surface area contributed by atoms with Gasteiger partial charge in [-0.25, -0.2) is 0 Å². The predicted molar refractivity (Wildman–Crippen MR) is 86.4 cm³/mol. The Hall–Kier alpha value is -1.08. The van der Waals surface area contributed by atoms with Gasteiger partial charge >= 0.3 is 0 Å². The zero-order valence-corrected chi connectivity index (χ0v) is 13.0. The Kier molecular flexibility index (Phi) is 12.6. The van der Waals surface area contributed by atoms with Crippen LogP contribution in [0.15, 0.2) is 48.6 Å². The Morgan fingerprint density at radius 2 is 1.11 bits per heavy atom. The first-order chi connectivity index (χ1) is 9.28. The van der Waals surface area contributed by atoms with Crippen molar-refractivity contribution in [2.75, 3.05) is 0 Å². The van der Waals surface area contributed by atoms with Crippen molar-refractivity contribution >= 4 is 0 Å². The van der Waals surface area contributed by atoms with Crippen LogP contribution in [-0.2, 0) is 4.74 Å². The number of hydrogen-bond acceptors (Lipinski definition) is 1. The second-order valence-corrected chi connectivity index (χ2v) is 4.47. The van der Waals surface area contributed by atoms with Crippen LogP contribution in [0.3, 0.4) is 0 Å². The van der Waals surface area contributed by atoms with Gasteiger partial charge in [-0.15, -0.1) is 0 Å². The summed E-state index contributed by atoms with van der Waals surface area (Å²) in [6.45, 7) is 8.59. The molecule has 0 aromatic rings. The lowest BCUT2D eigenvalue weighted by Crippen LogP contribution is -2.17. The lowest BCUT2D eigenvalue weighted by Gasteiger charge is -2.18. The molecule has 0 aromatic carbocycles. The quantitative estimate of drug-likeness (QED) is 0.465. The van der Waals surface area contributed by atoms with Gasteiger partial charge in [-0.2, -0.15) is 0 Å². The molecule has 2 atom stereocenters. The molecule has 108 valence electrons. The zero-order valence-electron chi connectivity index (χ0n) is 13.0. The van der Waals surface area contributed by atoms with Gasteiger partial charge in [-0.3, -0.25) is 0 Å². The maximum absolute atomic E-state index is 6.07. The molecule has 0 saturated heterocycles. The van der Waals surface area contributed by atoms with E-state index in [9.17, 15) is 0 Å². The fraction of sp³-hybridized carbons (Fsp3) is 0.556. The lowest BCUT2D eigenvalue weighted by molar-refractivity contribution is 0.0376. The standard InChI is InChI=1S/C18H30O/c1-5-9-11-13-15-17(7-3)19-18(8-4)16-14-12-10-6-2/h9-18H,5-8H2,1-4H3/b11-9-,12-10-,15-13+,16-14+. The van der Waals surface area contributed by atoms with Crippen LogP contribution in [0.1, 0.15) is 53.4 Å². The van der Waals surface area contributed by atoms with E-state index in [1.165, 1.54) is 0 Å². The van der Waals surface area contributed by atoms with Gasteiger partial charge in [0.2, 0.25) is 0 Å². The summed E-state index contributed by atoms with van der Waals surface area (Å²) in [5.41, 5.74) is 0. The predicted octanol–water partition coefficient (Wildman–Crippen LogP) is 5.61. The van der Waals surface area contributed by atoms with E-state index in [1.807, 2.05) is 0 Å². The Balaban J connectivity index is 4.31. The van der Waals surface area contributed by atoms with E-state index in [0.717, 1.165) is 25.7 Å². The summed E-state index contributed by atoms with van der Waals surface area (Å²) in [6.07, 6.45) is 21.5. The number of ether oxygens (including phenoxy) is 1. The molecule has 0 spiro atoms. The van der Waals surface area contributed by atoms with Crippen molar-refractivity contribution in [1.82, 2.24) is 0 Å². The average molecular weight is 262 g/mol. The van der Waals surface area contributed by atoms with Crippen LogP contribution in [0.5, 0.6) is 0 Å². The molecule has 0 amide bonds. The Bertz CT molecular complexity index is 267. The first kappa shape index (κ1) is 17.9. The summed E-state index contributed by atoms with van der Waals surface area (Å²) in [5.74, 6) is 0. The van der Waals surface area contributed by atoms with Gasteiger partial charge in [0.15, 0.2) is 0 Å². The van der Waals surface area contributed by atoms with Crippen LogP contribution >= 0.6 is 0 Å². The van der Waals surface area contributed by atoms with E-state index in [4.69, 9.17) is 4.74 Å². The Morgan fingerprint density at radius 3 is 1.42 bits per heavy atom. The zero-order chi connectivity index (χ0) is 14.3. The maximum atomic E-state index is 6.07. The van der Waals surface area contributed by atoms with Crippen molar-refractivity contribution in [3.8, 4) is 0 Å². The van der Waals surface area contributed by atoms with Gasteiger partial charge in [0.05, 0.1) is 12.2 Å². The maximum Gasteiger partial charge on any atom is 0.0764 e. The molecule has 1 nitrogen and oxygen atoms in total. The van der Waals surface area contributed by atoms with Crippen molar-refractivity contribution in [2.45, 2.75) is 65.6 Å². The molecule has 0 aromatic heterocycles. The highest BCUT2D eigenvalue weighted by molar-refractivity contribution is 5.07. The fourth-order valence-corrected chi connectivity index (χ4v) is 1.59. The van der Waals surface area contributed by atoms with Crippen LogP contribution in [0.4, 0.5) is 0 Å². The third-order valence-corrected chi connectivity index (χ3v) is 2.77. The summed E-state index contributed by atoms with van der Waals surface area (Å²) in [7, 11) is 0. The van der Waals surface area contributed by atoms with E-state index in [0.29, 0.717) is 0 Å². The van der Waals surface area contributed by atoms with E-state index in [-0.39, 0.29) is 12.2 Å². The summed E-state index contributed by atoms with van der Waals surface area (Å²) in [6, 6.07) is 0. The van der Waals surface area contributed by atoms with E-state index in [2.05, 4.69) is 76.3 Å². The largest absolute Gasteiger partial charge is 0.367 e. The summed E-state index contributed by atoms with van der Waals surface area (Å²) < 4.78 is 6.07. The van der Waals surface area contributed by atoms with Crippen LogP contribution in [-0.4, -0.2) is 12.2 Å². The minimum absolute atomic E-state index is 0.200. The molecule has 2 unspecified atom stereocenters. The molecule has 0 radical (unpaired) electrons. The molecule has 0 saturated carbocycles. The number of hydrogen-bond donors (Lipinski definition) is 0. The molecular weight excluding hydrogens is 232 g/mol. The molecule has 0 aliphatic rings. The molecule has 0 bridgehead atoms. The third kappa shape index (κ3) is 10.5. The molecule has 0 rings (SSSR count). The van der Waals surface area contributed by atoms with Crippen LogP contribution in [0.2, 0.25) is 0 Å². The first-order valence-corrected chi connectivity index (χ1v) is 7.60. The smallest absolute Gasteiger partial charge is 0.0764 e. The second-order valence-electron chi connectivity index (χ2n) is 4.47. The molecule has 19 heavy (non-hydrogen) atoms. The lowest BCUT2D eigenvalue weighted by atomic mass is 10.2. The van der Waals surface area contributed by atoms with Crippen LogP contribution in [0, 0.1) is 0 Å². The Labute approximate surface area is 119 Å². The fourth-order valence-electron chi connectivity index (χ4n) is 1.59. The summed E-state index contributed by atoms with van der Waals surface area (Å²) >= 11 is 0. The van der Waals surface area contributed by atoms with Crippen LogP contribution in [0.25, 0.3) is 0 Å². The highest BCUT2D eigenvalue weighted by Crippen LogP contribution is 2.09. The van der Waals surface area contributed by atoms with Gasteiger partial charge in [0.25, 0.3) is 0 Å². The average Bonchev–Trinajstić information content (AvgIpc) is 2.44. The second kappa shape index (κ2) is 13.4. The van der Waals surface area contributed by atoms with E-state index < -0.39 is 0 Å². The molecule has 0 N–H and O–H groups in total.